The fourth-order valence-corrected chi connectivity index (χ4v) is 0. The molecule has 1 nitrogen and oxygen atoms in total. The molecule has 0 bridgehead atoms. The van der Waals surface area contributed by atoms with Crippen molar-refractivity contribution in [2.24, 2.45) is 0 Å². The van der Waals surface area contributed by atoms with Crippen molar-refractivity contribution in [3.63, 3.8) is 0 Å². The van der Waals surface area contributed by atoms with Gasteiger partial charge in [-0.05, 0) is 0 Å². The molecule has 1 N–H and O–H groups in total. The Morgan fingerprint density at radius 2 is 1.71 bits per heavy atom. The summed E-state index contributed by atoms with van der Waals surface area (Å²) in [6, 6.07) is 0. The molecule has 0 radical (unpaired) electrons. The van der Waals surface area contributed by atoms with Crippen molar-refractivity contribution in [2.75, 3.05) is 0 Å². The Bertz CT molecular complexity index is 58.4. The van der Waals surface area contributed by atoms with Gasteiger partial charge in [-0.2, -0.15) is 0 Å². The van der Waals surface area contributed by atoms with Crippen LogP contribution in [0.5, 0.6) is 0 Å². The molecule has 0 aromatic rings. The number of aliphatic hydroxyl groups excluding tert-OH is 1. The van der Waals surface area contributed by atoms with Gasteiger partial charge in [-0.1, -0.05) is 0 Å². The van der Waals surface area contributed by atoms with Crippen molar-refractivity contribution in [3.8, 4) is 0 Å². The molecule has 0 heterocycles. The maximum absolute atomic E-state index is 8.42. The van der Waals surface area contributed by atoms with E-state index in [-0.39, 0.29) is 0 Å². The van der Waals surface area contributed by atoms with Gasteiger partial charge in [0.15, 0.2) is 0 Å². The zero-order valence-corrected chi connectivity index (χ0v) is 8.80. The van der Waals surface area contributed by atoms with E-state index in [1.165, 1.54) is 0 Å². The average molecular weight is 272 g/mol. The summed E-state index contributed by atoms with van der Waals surface area (Å²) in [5.74, 6) is 0. The molecule has 0 amide bonds. The van der Waals surface area contributed by atoms with Gasteiger partial charge < -0.3 is 0 Å². The molecule has 0 spiro atoms. The van der Waals surface area contributed by atoms with Crippen LogP contribution in [-0.4, -0.2) is 36.0 Å². The Morgan fingerprint density at radius 3 is 1.71 bits per heavy atom. The van der Waals surface area contributed by atoms with Crippen LogP contribution >= 0.6 is 34.8 Å². The molecule has 0 rings (SSSR count). The van der Waals surface area contributed by atoms with Crippen LogP contribution in [0.25, 0.3) is 0 Å². The van der Waals surface area contributed by atoms with Gasteiger partial charge in [-0.25, -0.2) is 0 Å². The van der Waals surface area contributed by atoms with E-state index in [2.05, 4.69) is 0 Å². The standard InChI is InChI=1S/C2H2Cl3O.Sb.2H/c3-1(4)2(5)6;;;/h2,6H;;;. The molecule has 0 fully saturated rings. The van der Waals surface area contributed by atoms with Crippen LogP contribution < -0.4 is 0 Å². The Morgan fingerprint density at radius 1 is 1.57 bits per heavy atom. The van der Waals surface area contributed by atoms with Crippen LogP contribution in [0.15, 0.2) is 0 Å². The van der Waals surface area contributed by atoms with E-state index in [1.54, 1.807) is 0 Å². The summed E-state index contributed by atoms with van der Waals surface area (Å²) in [6.45, 7) is 0. The third-order valence-electron chi connectivity index (χ3n) is 0.318. The number of halogens is 3. The second-order valence-corrected chi connectivity index (χ2v) is 7.56. The number of rotatable bonds is 1. The number of hydrogen-bond donors (Lipinski definition) is 1. The topological polar surface area (TPSA) is 20.2 Å². The maximum atomic E-state index is 8.42. The zero-order valence-electron chi connectivity index (χ0n) is 3.24. The molecule has 0 aliphatic carbocycles. The van der Waals surface area contributed by atoms with Crippen LogP contribution in [0.2, 0.25) is 0 Å². The fraction of sp³-hybridized carbons (Fsp3) is 1.00. The predicted molar refractivity (Wildman–Crippen MR) is 34.8 cm³/mol. The van der Waals surface area contributed by atoms with Gasteiger partial charge in [-0.15, -0.1) is 0 Å². The molecule has 7 heavy (non-hydrogen) atoms. The first kappa shape index (κ1) is 8.65. The van der Waals surface area contributed by atoms with Crippen LogP contribution in [0.3, 0.4) is 0 Å². The molecule has 0 saturated heterocycles. The van der Waals surface area contributed by atoms with E-state index in [0.717, 1.165) is 0 Å². The normalized spacial score (nSPS) is 16.7. The molecule has 0 aromatic heterocycles. The Balaban J connectivity index is 3.54. The quantitative estimate of drug-likeness (QED) is 0.538. The first-order chi connectivity index (χ1) is 2.94. The van der Waals surface area contributed by atoms with Crippen molar-refractivity contribution in [1.29, 1.82) is 0 Å². The number of alkyl halides is 3. The molecule has 1 unspecified atom stereocenters. The summed E-state index contributed by atoms with van der Waals surface area (Å²) >= 11 is 16.2. The van der Waals surface area contributed by atoms with E-state index >= 15 is 0 Å². The first-order valence-corrected chi connectivity index (χ1v) is 4.27. The molecular weight excluding hydrogens is 268 g/mol. The minimum atomic E-state index is -1.14. The Hall–Kier alpha value is 1.65. The third kappa shape index (κ3) is 4.17. The molecule has 0 saturated carbocycles. The summed E-state index contributed by atoms with van der Waals surface area (Å²) < 4.78 is -1.10. The molecule has 1 atom stereocenters. The van der Waals surface area contributed by atoms with E-state index < -0.39 is 7.84 Å². The van der Waals surface area contributed by atoms with Crippen molar-refractivity contribution >= 4 is 57.8 Å². The van der Waals surface area contributed by atoms with Gasteiger partial charge in [0.25, 0.3) is 0 Å². The van der Waals surface area contributed by atoms with Gasteiger partial charge in [0.05, 0.1) is 0 Å². The molecule has 0 aromatic carbocycles. The van der Waals surface area contributed by atoms with E-state index in [4.69, 9.17) is 39.9 Å². The SMILES string of the molecule is OC(Cl)[C](Cl)(Cl)[SbH2]. The third-order valence-corrected chi connectivity index (χ3v) is 2.80. The fourth-order valence-electron chi connectivity index (χ4n) is 0. The number of aliphatic hydroxyl groups is 1. The zero-order chi connectivity index (χ0) is 6.08. The molecule has 5 heteroatoms. The van der Waals surface area contributed by atoms with E-state index in [0.29, 0.717) is 23.0 Å². The monoisotopic (exact) mass is 270 g/mol. The van der Waals surface area contributed by atoms with Crippen molar-refractivity contribution in [3.05, 3.63) is 0 Å². The van der Waals surface area contributed by atoms with Crippen LogP contribution in [0.1, 0.15) is 0 Å². The minimum absolute atomic E-state index is 0.522. The predicted octanol–water partition coefficient (Wildman–Crippen LogP) is 0.308. The average Bonchev–Trinajstić information content (AvgIpc) is 1.31. The number of hydrogen-bond acceptors (Lipinski definition) is 1. The first-order valence-electron chi connectivity index (χ1n) is 1.43. The summed E-state index contributed by atoms with van der Waals surface area (Å²) in [5.41, 5.74) is -1.14. The molecular formula is C2H4Cl3OSb. The summed E-state index contributed by atoms with van der Waals surface area (Å²) in [5, 5.41) is 8.42. The summed E-state index contributed by atoms with van der Waals surface area (Å²) in [7, 11) is 0. The van der Waals surface area contributed by atoms with Gasteiger partial charge in [-0.3, -0.25) is 0 Å². The Kier molecular flexibility index (Phi) is 3.68. The van der Waals surface area contributed by atoms with Crippen LogP contribution in [-0.2, 0) is 0 Å². The van der Waals surface area contributed by atoms with Crippen molar-refractivity contribution in [1.82, 2.24) is 0 Å². The van der Waals surface area contributed by atoms with Gasteiger partial charge in [0.1, 0.15) is 0 Å². The molecule has 44 valence electrons. The van der Waals surface area contributed by atoms with Gasteiger partial charge in [0, 0.05) is 0 Å². The van der Waals surface area contributed by atoms with Crippen LogP contribution in [0, 0.1) is 0 Å². The molecule has 0 aliphatic heterocycles. The molecule has 0 aliphatic rings. The van der Waals surface area contributed by atoms with E-state index in [9.17, 15) is 0 Å². The second kappa shape index (κ2) is 2.98. The second-order valence-electron chi connectivity index (χ2n) is 1.01. The summed E-state index contributed by atoms with van der Waals surface area (Å²) in [6.07, 6.45) is 0. The van der Waals surface area contributed by atoms with Gasteiger partial charge in [0.2, 0.25) is 0 Å². The van der Waals surface area contributed by atoms with Crippen molar-refractivity contribution in [2.45, 2.75) is 7.84 Å². The van der Waals surface area contributed by atoms with Gasteiger partial charge >= 0.3 is 70.8 Å². The van der Waals surface area contributed by atoms with Crippen molar-refractivity contribution < 1.29 is 5.11 Å². The van der Waals surface area contributed by atoms with Crippen LogP contribution in [0.4, 0.5) is 0 Å². The Labute approximate surface area is 70.4 Å². The summed E-state index contributed by atoms with van der Waals surface area (Å²) in [4.78, 5) is 0. The van der Waals surface area contributed by atoms with E-state index in [1.807, 2.05) is 0 Å².